The van der Waals surface area contributed by atoms with Crippen molar-refractivity contribution < 1.29 is 0 Å². The van der Waals surface area contributed by atoms with Gasteiger partial charge in [-0.1, -0.05) is 62.2 Å². The van der Waals surface area contributed by atoms with Crippen LogP contribution in [0.3, 0.4) is 0 Å². The zero-order valence-electron chi connectivity index (χ0n) is 15.4. The van der Waals surface area contributed by atoms with E-state index in [0.29, 0.717) is 0 Å². The summed E-state index contributed by atoms with van der Waals surface area (Å²) in [4.78, 5) is 0. The molecule has 0 fully saturated rings. The lowest BCUT2D eigenvalue weighted by Crippen LogP contribution is -1.93. The van der Waals surface area contributed by atoms with Gasteiger partial charge in [0, 0.05) is 25.4 Å². The Balaban J connectivity index is 1.70. The van der Waals surface area contributed by atoms with Gasteiger partial charge in [0.15, 0.2) is 0 Å². The van der Waals surface area contributed by atoms with Gasteiger partial charge in [-0.25, -0.2) is 0 Å². The van der Waals surface area contributed by atoms with Crippen LogP contribution in [-0.2, 0) is 0 Å². The molecule has 1 nitrogen and oxygen atoms in total. The number of hydrogen-bond donors (Lipinski definition) is 0. The van der Waals surface area contributed by atoms with Crippen molar-refractivity contribution >= 4 is 75.2 Å². The van der Waals surface area contributed by atoms with Crippen molar-refractivity contribution in [2.75, 3.05) is 0 Å². The van der Waals surface area contributed by atoms with Crippen LogP contribution in [0.2, 0.25) is 0 Å². The van der Waals surface area contributed by atoms with Crippen LogP contribution in [0.1, 0.15) is 0 Å². The van der Waals surface area contributed by atoms with E-state index in [1.54, 1.807) is 0 Å². The lowest BCUT2D eigenvalue weighted by atomic mass is 10.0. The van der Waals surface area contributed by atoms with Gasteiger partial charge in [-0.3, -0.25) is 0 Å². The Hall–Kier alpha value is -2.62. The second-order valence-corrected chi connectivity index (χ2v) is 9.22. The lowest BCUT2D eigenvalue weighted by molar-refractivity contribution is 1.18. The summed E-state index contributed by atoms with van der Waals surface area (Å²) in [5.41, 5.74) is 3.60. The molecule has 29 heavy (non-hydrogen) atoms. The minimum atomic E-state index is 1.09. The minimum Gasteiger partial charge on any atom is -0.309 e. The van der Waals surface area contributed by atoms with Crippen LogP contribution in [0, 0.1) is 0 Å². The molecule has 138 valence electrons. The molecule has 0 atom stereocenters. The van der Waals surface area contributed by atoms with Crippen molar-refractivity contribution in [1.29, 1.82) is 0 Å². The average molecular weight is 501 g/mol. The number of fused-ring (bicyclic) bond motifs is 5. The van der Waals surface area contributed by atoms with Gasteiger partial charge in [0.25, 0.3) is 0 Å². The number of benzene rings is 5. The third-order valence-corrected chi connectivity index (χ3v) is 6.62. The van der Waals surface area contributed by atoms with Crippen molar-refractivity contribution in [3.63, 3.8) is 0 Å². The SMILES string of the molecule is Brc1ccc2c(c1)c1cc(Br)ccc1n2-c1ccc2cc3ccccc3cc2c1. The molecule has 0 unspecified atom stereocenters. The summed E-state index contributed by atoms with van der Waals surface area (Å²) in [5, 5.41) is 7.55. The van der Waals surface area contributed by atoms with E-state index in [9.17, 15) is 0 Å². The molecule has 0 N–H and O–H groups in total. The maximum absolute atomic E-state index is 3.64. The molecule has 0 amide bonds. The fourth-order valence-electron chi connectivity index (χ4n) is 4.31. The topological polar surface area (TPSA) is 4.93 Å². The van der Waals surface area contributed by atoms with E-state index >= 15 is 0 Å². The zero-order chi connectivity index (χ0) is 19.5. The summed E-state index contributed by atoms with van der Waals surface area (Å²) in [6, 6.07) is 32.9. The Kier molecular flexibility index (Phi) is 3.84. The highest BCUT2D eigenvalue weighted by Crippen LogP contribution is 2.36. The molecule has 0 radical (unpaired) electrons. The Bertz CT molecular complexity index is 1520. The summed E-state index contributed by atoms with van der Waals surface area (Å²) in [7, 11) is 0. The second-order valence-electron chi connectivity index (χ2n) is 7.39. The predicted octanol–water partition coefficient (Wildman–Crippen LogP) is 8.62. The summed E-state index contributed by atoms with van der Waals surface area (Å²) in [6.45, 7) is 0. The van der Waals surface area contributed by atoms with Crippen LogP contribution in [0.25, 0.3) is 49.0 Å². The molecular formula is C26H15Br2N. The van der Waals surface area contributed by atoms with Crippen molar-refractivity contribution in [1.82, 2.24) is 4.57 Å². The smallest absolute Gasteiger partial charge is 0.0541 e. The Morgan fingerprint density at radius 1 is 0.483 bits per heavy atom. The molecule has 1 heterocycles. The zero-order valence-corrected chi connectivity index (χ0v) is 18.5. The van der Waals surface area contributed by atoms with E-state index in [-0.39, 0.29) is 0 Å². The summed E-state index contributed by atoms with van der Waals surface area (Å²) >= 11 is 7.27. The van der Waals surface area contributed by atoms with E-state index in [1.807, 2.05) is 0 Å². The molecule has 0 spiro atoms. The number of aromatic nitrogens is 1. The first kappa shape index (κ1) is 17.3. The second kappa shape index (κ2) is 6.45. The molecule has 0 saturated carbocycles. The first-order valence-electron chi connectivity index (χ1n) is 9.49. The minimum absolute atomic E-state index is 1.09. The van der Waals surface area contributed by atoms with Gasteiger partial charge in [-0.15, -0.1) is 0 Å². The van der Waals surface area contributed by atoms with Crippen LogP contribution in [0.5, 0.6) is 0 Å². The quantitative estimate of drug-likeness (QED) is 0.199. The highest BCUT2D eigenvalue weighted by atomic mass is 79.9. The van der Waals surface area contributed by atoms with Gasteiger partial charge in [-0.05, 0) is 82.2 Å². The van der Waals surface area contributed by atoms with Crippen molar-refractivity contribution in [3.8, 4) is 5.69 Å². The number of rotatable bonds is 1. The first-order chi connectivity index (χ1) is 14.2. The molecule has 0 saturated heterocycles. The van der Waals surface area contributed by atoms with E-state index in [1.165, 1.54) is 49.0 Å². The van der Waals surface area contributed by atoms with Gasteiger partial charge in [0.2, 0.25) is 0 Å². The van der Waals surface area contributed by atoms with E-state index in [2.05, 4.69) is 127 Å². The Morgan fingerprint density at radius 2 is 1.03 bits per heavy atom. The molecule has 6 rings (SSSR count). The third-order valence-electron chi connectivity index (χ3n) is 5.64. The number of hydrogen-bond acceptors (Lipinski definition) is 0. The van der Waals surface area contributed by atoms with E-state index in [4.69, 9.17) is 0 Å². The fourth-order valence-corrected chi connectivity index (χ4v) is 5.03. The highest BCUT2D eigenvalue weighted by molar-refractivity contribution is 9.10. The first-order valence-corrected chi connectivity index (χ1v) is 11.1. The maximum Gasteiger partial charge on any atom is 0.0541 e. The van der Waals surface area contributed by atoms with Gasteiger partial charge < -0.3 is 4.57 Å². The molecule has 6 aromatic rings. The lowest BCUT2D eigenvalue weighted by Gasteiger charge is -2.10. The molecule has 5 aromatic carbocycles. The normalized spacial score (nSPS) is 11.8. The van der Waals surface area contributed by atoms with Crippen molar-refractivity contribution in [2.24, 2.45) is 0 Å². The van der Waals surface area contributed by atoms with E-state index in [0.717, 1.165) is 8.95 Å². The Labute approximate surface area is 184 Å². The van der Waals surface area contributed by atoms with E-state index < -0.39 is 0 Å². The van der Waals surface area contributed by atoms with Crippen LogP contribution in [0.4, 0.5) is 0 Å². The largest absolute Gasteiger partial charge is 0.309 e. The van der Waals surface area contributed by atoms with Crippen LogP contribution in [0.15, 0.2) is 99.9 Å². The Morgan fingerprint density at radius 3 is 1.66 bits per heavy atom. The third kappa shape index (κ3) is 2.72. The van der Waals surface area contributed by atoms with Gasteiger partial charge in [0.05, 0.1) is 11.0 Å². The molecule has 0 aliphatic carbocycles. The molecule has 1 aromatic heterocycles. The fraction of sp³-hybridized carbons (Fsp3) is 0. The average Bonchev–Trinajstić information content (AvgIpc) is 3.04. The summed E-state index contributed by atoms with van der Waals surface area (Å²) in [6.07, 6.45) is 0. The molecule has 3 heteroatoms. The maximum atomic E-state index is 3.64. The molecular weight excluding hydrogens is 486 g/mol. The van der Waals surface area contributed by atoms with Crippen molar-refractivity contribution in [2.45, 2.75) is 0 Å². The molecule has 0 bridgehead atoms. The summed E-state index contributed by atoms with van der Waals surface area (Å²) in [5.74, 6) is 0. The van der Waals surface area contributed by atoms with Crippen LogP contribution < -0.4 is 0 Å². The van der Waals surface area contributed by atoms with Gasteiger partial charge >= 0.3 is 0 Å². The summed E-state index contributed by atoms with van der Waals surface area (Å²) < 4.78 is 4.54. The monoisotopic (exact) mass is 499 g/mol. The predicted molar refractivity (Wildman–Crippen MR) is 131 cm³/mol. The number of halogens is 2. The molecule has 0 aliphatic heterocycles. The van der Waals surface area contributed by atoms with Gasteiger partial charge in [-0.2, -0.15) is 0 Å². The van der Waals surface area contributed by atoms with Crippen molar-refractivity contribution in [3.05, 3.63) is 99.9 Å². The molecule has 0 aliphatic rings. The highest BCUT2D eigenvalue weighted by Gasteiger charge is 2.13. The standard InChI is InChI=1S/C26H15Br2N/c27-20-6-9-25-23(14-20)24-15-21(28)7-10-26(24)29(25)22-8-5-18-11-16-3-1-2-4-17(16)12-19(18)13-22/h1-15H. The van der Waals surface area contributed by atoms with Crippen LogP contribution in [-0.4, -0.2) is 4.57 Å². The van der Waals surface area contributed by atoms with Crippen LogP contribution >= 0.6 is 31.9 Å². The van der Waals surface area contributed by atoms with Gasteiger partial charge in [0.1, 0.15) is 0 Å². The number of nitrogens with zero attached hydrogens (tertiary/aromatic N) is 1.